The van der Waals surface area contributed by atoms with Crippen molar-refractivity contribution >= 4 is 29.6 Å². The summed E-state index contributed by atoms with van der Waals surface area (Å²) in [5, 5.41) is 15.3. The van der Waals surface area contributed by atoms with Gasteiger partial charge in [0.05, 0.1) is 10.5 Å². The molecule has 1 aliphatic rings. The van der Waals surface area contributed by atoms with E-state index in [2.05, 4.69) is 0 Å². The third-order valence-electron chi connectivity index (χ3n) is 5.52. The van der Waals surface area contributed by atoms with E-state index in [-0.39, 0.29) is 17.1 Å². The summed E-state index contributed by atoms with van der Waals surface area (Å²) in [6.07, 6.45) is -3.38. The van der Waals surface area contributed by atoms with Crippen LogP contribution in [0, 0.1) is 24.0 Å². The normalized spacial score (nSPS) is 13.8. The fraction of sp³-hybridized carbons (Fsp3) is 0.125. The molecule has 13 heteroatoms. The number of nitrogens with one attached hydrogen (secondary N) is 2. The Bertz CT molecular complexity index is 1470. The first-order valence-electron chi connectivity index (χ1n) is 10.6. The predicted molar refractivity (Wildman–Crippen MR) is 123 cm³/mol. The topological polar surface area (TPSA) is 133 Å². The van der Waals surface area contributed by atoms with Gasteiger partial charge in [0.25, 0.3) is 11.8 Å². The number of aromatic nitrogens is 1. The van der Waals surface area contributed by atoms with E-state index in [0.717, 1.165) is 11.8 Å². The lowest BCUT2D eigenvalue weighted by molar-refractivity contribution is -0.385. The lowest BCUT2D eigenvalue weighted by Crippen LogP contribution is -2.51. The van der Waals surface area contributed by atoms with Gasteiger partial charge in [-0.1, -0.05) is 0 Å². The maximum Gasteiger partial charge on any atom is 0.416 e. The fourth-order valence-electron chi connectivity index (χ4n) is 3.81. The number of imide groups is 2. The number of benzene rings is 2. The molecule has 0 bridgehead atoms. The SMILES string of the molecule is Cc1cc(C=C2C(=O)NC(=O)NC2=O)c(C)n1-c1ccc(Oc2ccc(C(F)(F)F)cc2[N+](=O)[O-])cc1. The third kappa shape index (κ3) is 5.05. The van der Waals surface area contributed by atoms with Gasteiger partial charge in [-0.3, -0.25) is 30.3 Å². The standard InChI is InChI=1S/C24H17F3N4O6/c1-12-9-14(10-18-21(32)28-23(34)29-22(18)33)13(2)30(12)16-4-6-17(7-5-16)37-20-8-3-15(24(25,26)27)11-19(20)31(35)36/h3-11H,1-2H3,(H2,28,29,32,33,34). The molecule has 4 rings (SSSR count). The number of halogens is 3. The fourth-order valence-corrected chi connectivity index (χ4v) is 3.81. The molecule has 10 nitrogen and oxygen atoms in total. The van der Waals surface area contributed by atoms with Gasteiger partial charge < -0.3 is 9.30 Å². The summed E-state index contributed by atoms with van der Waals surface area (Å²) in [7, 11) is 0. The molecule has 0 spiro atoms. The molecule has 37 heavy (non-hydrogen) atoms. The summed E-state index contributed by atoms with van der Waals surface area (Å²) in [6, 6.07) is 9.05. The molecule has 0 saturated carbocycles. The van der Waals surface area contributed by atoms with E-state index in [9.17, 15) is 37.7 Å². The van der Waals surface area contributed by atoms with E-state index in [1.54, 1.807) is 36.6 Å². The van der Waals surface area contributed by atoms with Crippen LogP contribution in [0.4, 0.5) is 23.7 Å². The molecule has 1 saturated heterocycles. The number of carbonyl (C=O) groups excluding carboxylic acids is 3. The molecule has 2 N–H and O–H groups in total. The Labute approximate surface area is 206 Å². The smallest absolute Gasteiger partial charge is 0.416 e. The van der Waals surface area contributed by atoms with E-state index in [1.165, 1.54) is 18.2 Å². The number of barbiturate groups is 1. The van der Waals surface area contributed by atoms with E-state index < -0.39 is 40.2 Å². The van der Waals surface area contributed by atoms with Crippen molar-refractivity contribution < 1.29 is 37.2 Å². The number of amides is 4. The molecule has 3 aromatic rings. The van der Waals surface area contributed by atoms with Gasteiger partial charge in [-0.2, -0.15) is 13.2 Å². The minimum Gasteiger partial charge on any atom is -0.450 e. The van der Waals surface area contributed by atoms with Crippen LogP contribution in [0.1, 0.15) is 22.5 Å². The van der Waals surface area contributed by atoms with Gasteiger partial charge in [-0.25, -0.2) is 4.79 Å². The molecule has 1 aromatic heterocycles. The van der Waals surface area contributed by atoms with Gasteiger partial charge in [-0.05, 0) is 68.0 Å². The minimum atomic E-state index is -4.74. The van der Waals surface area contributed by atoms with Crippen molar-refractivity contribution in [2.24, 2.45) is 0 Å². The number of hydrogen-bond donors (Lipinski definition) is 2. The number of nitrogens with zero attached hydrogens (tertiary/aromatic N) is 2. The molecular formula is C24H17F3N4O6. The average Bonchev–Trinajstić information content (AvgIpc) is 3.09. The molecule has 0 aliphatic carbocycles. The number of hydrogen-bond acceptors (Lipinski definition) is 6. The Morgan fingerprint density at radius 2 is 1.59 bits per heavy atom. The monoisotopic (exact) mass is 514 g/mol. The number of alkyl halides is 3. The molecular weight excluding hydrogens is 497 g/mol. The molecule has 4 amide bonds. The van der Waals surface area contributed by atoms with E-state index >= 15 is 0 Å². The van der Waals surface area contributed by atoms with Crippen molar-refractivity contribution in [3.8, 4) is 17.2 Å². The van der Waals surface area contributed by atoms with Crippen LogP contribution in [0.5, 0.6) is 11.5 Å². The summed E-state index contributed by atoms with van der Waals surface area (Å²) in [5.41, 5.74) is 0.363. The van der Waals surface area contributed by atoms with Gasteiger partial charge in [0.2, 0.25) is 5.75 Å². The first-order valence-corrected chi connectivity index (χ1v) is 10.6. The van der Waals surface area contributed by atoms with Crippen molar-refractivity contribution in [2.75, 3.05) is 0 Å². The number of urea groups is 1. The Morgan fingerprint density at radius 1 is 0.973 bits per heavy atom. The van der Waals surface area contributed by atoms with Crippen LogP contribution in [-0.2, 0) is 15.8 Å². The Morgan fingerprint density at radius 3 is 2.16 bits per heavy atom. The summed E-state index contributed by atoms with van der Waals surface area (Å²) in [6.45, 7) is 3.54. The highest BCUT2D eigenvalue weighted by molar-refractivity contribution is 6.31. The molecule has 0 atom stereocenters. The first-order chi connectivity index (χ1) is 17.3. The number of nitro benzene ring substituents is 1. The number of ether oxygens (including phenoxy) is 1. The largest absolute Gasteiger partial charge is 0.450 e. The van der Waals surface area contributed by atoms with Gasteiger partial charge in [-0.15, -0.1) is 0 Å². The van der Waals surface area contributed by atoms with Crippen LogP contribution in [0.3, 0.4) is 0 Å². The average molecular weight is 514 g/mol. The second-order valence-corrected chi connectivity index (χ2v) is 7.99. The number of rotatable bonds is 5. The predicted octanol–water partition coefficient (Wildman–Crippen LogP) is 4.56. The lowest BCUT2D eigenvalue weighted by atomic mass is 10.1. The number of nitro groups is 1. The van der Waals surface area contributed by atoms with Gasteiger partial charge in [0.1, 0.15) is 11.3 Å². The van der Waals surface area contributed by atoms with Crippen LogP contribution in [0.15, 0.2) is 54.1 Å². The van der Waals surface area contributed by atoms with Crippen LogP contribution in [0.25, 0.3) is 11.8 Å². The molecule has 1 aliphatic heterocycles. The van der Waals surface area contributed by atoms with Crippen molar-refractivity contribution in [3.05, 3.63) is 86.7 Å². The molecule has 2 heterocycles. The number of carbonyl (C=O) groups is 3. The van der Waals surface area contributed by atoms with Crippen molar-refractivity contribution in [2.45, 2.75) is 20.0 Å². The van der Waals surface area contributed by atoms with Crippen LogP contribution in [-0.4, -0.2) is 27.3 Å². The lowest BCUT2D eigenvalue weighted by Gasteiger charge is -2.14. The van der Waals surface area contributed by atoms with Gasteiger partial charge in [0.15, 0.2) is 0 Å². The van der Waals surface area contributed by atoms with Crippen molar-refractivity contribution in [1.29, 1.82) is 0 Å². The summed E-state index contributed by atoms with van der Waals surface area (Å²) in [4.78, 5) is 45.7. The summed E-state index contributed by atoms with van der Waals surface area (Å²) >= 11 is 0. The summed E-state index contributed by atoms with van der Waals surface area (Å²) < 4.78 is 46.1. The summed E-state index contributed by atoms with van der Waals surface area (Å²) in [5.74, 6) is -1.85. The molecule has 1 fully saturated rings. The Kier molecular flexibility index (Phi) is 6.30. The zero-order valence-corrected chi connectivity index (χ0v) is 19.2. The maximum absolute atomic E-state index is 12.9. The quantitative estimate of drug-likeness (QED) is 0.222. The second kappa shape index (κ2) is 9.26. The molecule has 0 radical (unpaired) electrons. The highest BCUT2D eigenvalue weighted by atomic mass is 19.4. The van der Waals surface area contributed by atoms with Crippen LogP contribution >= 0.6 is 0 Å². The highest BCUT2D eigenvalue weighted by Gasteiger charge is 2.33. The van der Waals surface area contributed by atoms with Crippen molar-refractivity contribution in [3.63, 3.8) is 0 Å². The number of aryl methyl sites for hydroxylation is 1. The van der Waals surface area contributed by atoms with E-state index in [0.29, 0.717) is 29.1 Å². The van der Waals surface area contributed by atoms with Crippen molar-refractivity contribution in [1.82, 2.24) is 15.2 Å². The van der Waals surface area contributed by atoms with Gasteiger partial charge >= 0.3 is 17.9 Å². The van der Waals surface area contributed by atoms with E-state index in [1.807, 2.05) is 10.6 Å². The van der Waals surface area contributed by atoms with E-state index in [4.69, 9.17) is 4.74 Å². The molecule has 190 valence electrons. The first kappa shape index (κ1) is 25.2. The maximum atomic E-state index is 12.9. The Hall–Kier alpha value is -4.94. The highest BCUT2D eigenvalue weighted by Crippen LogP contribution is 2.38. The Balaban J connectivity index is 1.61. The van der Waals surface area contributed by atoms with Crippen LogP contribution in [0.2, 0.25) is 0 Å². The molecule has 2 aromatic carbocycles. The second-order valence-electron chi connectivity index (χ2n) is 7.99. The third-order valence-corrected chi connectivity index (χ3v) is 5.52. The van der Waals surface area contributed by atoms with Crippen LogP contribution < -0.4 is 15.4 Å². The zero-order chi connectivity index (χ0) is 27.1. The zero-order valence-electron chi connectivity index (χ0n) is 19.2. The molecule has 0 unspecified atom stereocenters. The minimum absolute atomic E-state index is 0.150. The van der Waals surface area contributed by atoms with Gasteiger partial charge in [0, 0.05) is 23.1 Å².